The normalized spacial score (nSPS) is 13.2. The van der Waals surface area contributed by atoms with Crippen LogP contribution in [-0.2, 0) is 4.84 Å². The fourth-order valence-electron chi connectivity index (χ4n) is 2.71. The van der Waals surface area contributed by atoms with Gasteiger partial charge in [0.1, 0.15) is 11.4 Å². The zero-order chi connectivity index (χ0) is 18.4. The van der Waals surface area contributed by atoms with Gasteiger partial charge in [-0.2, -0.15) is 0 Å². The second kappa shape index (κ2) is 5.62. The van der Waals surface area contributed by atoms with Gasteiger partial charge in [-0.15, -0.1) is 0 Å². The SMILES string of the molecule is O=C(ON1C(=O)c2ccccc2C1=O)c1cc2cc(F)ccc2[nH]c1=O. The number of nitrogens with zero attached hydrogens (tertiary/aromatic N) is 1. The number of benzene rings is 2. The quantitative estimate of drug-likeness (QED) is 0.712. The van der Waals surface area contributed by atoms with Gasteiger partial charge in [0, 0.05) is 10.9 Å². The molecular formula is C18H9FN2O5. The summed E-state index contributed by atoms with van der Waals surface area (Å²) in [5.74, 6) is -3.36. The number of pyridine rings is 1. The average Bonchev–Trinajstić information content (AvgIpc) is 2.87. The number of carbonyl (C=O) groups is 3. The molecule has 2 amide bonds. The number of aromatic nitrogens is 1. The first-order valence-corrected chi connectivity index (χ1v) is 7.48. The predicted octanol–water partition coefficient (Wildman–Crippen LogP) is 2.04. The monoisotopic (exact) mass is 352 g/mol. The van der Waals surface area contributed by atoms with E-state index >= 15 is 0 Å². The maximum absolute atomic E-state index is 13.3. The Morgan fingerprint density at radius 1 is 0.962 bits per heavy atom. The van der Waals surface area contributed by atoms with E-state index in [9.17, 15) is 23.6 Å². The Labute approximate surface area is 144 Å². The van der Waals surface area contributed by atoms with Gasteiger partial charge in [-0.1, -0.05) is 17.2 Å². The number of carbonyl (C=O) groups excluding carboxylic acids is 3. The van der Waals surface area contributed by atoms with Gasteiger partial charge in [0.15, 0.2) is 0 Å². The first-order chi connectivity index (χ1) is 12.5. The summed E-state index contributed by atoms with van der Waals surface area (Å²) in [6.45, 7) is 0. The number of hydroxylamine groups is 2. The van der Waals surface area contributed by atoms with Gasteiger partial charge in [-0.3, -0.25) is 14.4 Å². The van der Waals surface area contributed by atoms with Crippen LogP contribution in [0.5, 0.6) is 0 Å². The second-order valence-corrected chi connectivity index (χ2v) is 5.57. The minimum absolute atomic E-state index is 0.0970. The number of rotatable bonds is 2. The van der Waals surface area contributed by atoms with Crippen LogP contribution in [0.1, 0.15) is 31.1 Å². The van der Waals surface area contributed by atoms with E-state index < -0.39 is 34.7 Å². The third-order valence-electron chi connectivity index (χ3n) is 3.96. The van der Waals surface area contributed by atoms with Gasteiger partial charge in [-0.25, -0.2) is 9.18 Å². The largest absolute Gasteiger partial charge is 0.369 e. The smallest absolute Gasteiger partial charge is 0.324 e. The summed E-state index contributed by atoms with van der Waals surface area (Å²) in [5, 5.41) is 0.571. The predicted molar refractivity (Wildman–Crippen MR) is 86.9 cm³/mol. The summed E-state index contributed by atoms with van der Waals surface area (Å²) in [4.78, 5) is 56.1. The number of fused-ring (bicyclic) bond motifs is 2. The molecule has 0 fully saturated rings. The highest BCUT2D eigenvalue weighted by Gasteiger charge is 2.39. The van der Waals surface area contributed by atoms with Crippen molar-refractivity contribution < 1.29 is 23.6 Å². The summed E-state index contributed by atoms with van der Waals surface area (Å²) in [6.07, 6.45) is 0. The van der Waals surface area contributed by atoms with Crippen molar-refractivity contribution in [1.82, 2.24) is 10.0 Å². The third-order valence-corrected chi connectivity index (χ3v) is 3.96. The summed E-state index contributed by atoms with van der Waals surface area (Å²) in [5.41, 5.74) is -0.723. The highest BCUT2D eigenvalue weighted by atomic mass is 19.1. The number of hydrogen-bond donors (Lipinski definition) is 1. The van der Waals surface area contributed by atoms with E-state index in [0.29, 0.717) is 10.6 Å². The Morgan fingerprint density at radius 3 is 2.27 bits per heavy atom. The molecule has 0 saturated carbocycles. The molecule has 26 heavy (non-hydrogen) atoms. The Bertz CT molecular complexity index is 1130. The molecule has 0 unspecified atom stereocenters. The van der Waals surface area contributed by atoms with E-state index in [4.69, 9.17) is 4.84 Å². The number of H-pyrrole nitrogens is 1. The zero-order valence-electron chi connectivity index (χ0n) is 13.0. The van der Waals surface area contributed by atoms with Crippen LogP contribution in [0.2, 0.25) is 0 Å². The maximum Gasteiger partial charge on any atom is 0.369 e. The lowest BCUT2D eigenvalue weighted by Crippen LogP contribution is -2.34. The molecule has 2 heterocycles. The number of imide groups is 1. The van der Waals surface area contributed by atoms with Crippen molar-refractivity contribution in [2.24, 2.45) is 0 Å². The van der Waals surface area contributed by atoms with Gasteiger partial charge in [-0.05, 0) is 36.4 Å². The molecule has 0 bridgehead atoms. The maximum atomic E-state index is 13.3. The van der Waals surface area contributed by atoms with Crippen molar-refractivity contribution in [3.8, 4) is 0 Å². The minimum Gasteiger partial charge on any atom is -0.324 e. The van der Waals surface area contributed by atoms with Crippen molar-refractivity contribution in [3.05, 3.63) is 81.4 Å². The van der Waals surface area contributed by atoms with E-state index in [-0.39, 0.29) is 16.5 Å². The van der Waals surface area contributed by atoms with Crippen LogP contribution in [0.25, 0.3) is 10.9 Å². The van der Waals surface area contributed by atoms with Crippen LogP contribution >= 0.6 is 0 Å². The molecule has 4 rings (SSSR count). The summed E-state index contributed by atoms with van der Waals surface area (Å²) >= 11 is 0. The molecule has 0 saturated heterocycles. The van der Waals surface area contributed by atoms with Crippen LogP contribution in [-0.4, -0.2) is 27.8 Å². The Hall–Kier alpha value is -3.81. The van der Waals surface area contributed by atoms with E-state index in [1.807, 2.05) is 0 Å². The summed E-state index contributed by atoms with van der Waals surface area (Å²) in [6, 6.07) is 10.8. The topological polar surface area (TPSA) is 96.5 Å². The van der Waals surface area contributed by atoms with Crippen LogP contribution in [0.15, 0.2) is 53.3 Å². The fourth-order valence-corrected chi connectivity index (χ4v) is 2.71. The van der Waals surface area contributed by atoms with E-state index in [0.717, 1.165) is 18.2 Å². The van der Waals surface area contributed by atoms with Crippen molar-refractivity contribution in [2.75, 3.05) is 0 Å². The highest BCUT2D eigenvalue weighted by molar-refractivity contribution is 6.21. The van der Waals surface area contributed by atoms with Gasteiger partial charge in [0.05, 0.1) is 11.1 Å². The molecule has 8 heteroatoms. The van der Waals surface area contributed by atoms with Gasteiger partial charge < -0.3 is 9.82 Å². The number of amides is 2. The van der Waals surface area contributed by atoms with Crippen LogP contribution in [0.3, 0.4) is 0 Å². The first kappa shape index (κ1) is 15.7. The van der Waals surface area contributed by atoms with Crippen LogP contribution in [0.4, 0.5) is 4.39 Å². The molecule has 1 aliphatic rings. The lowest BCUT2D eigenvalue weighted by atomic mass is 10.1. The molecule has 0 atom stereocenters. The van der Waals surface area contributed by atoms with Crippen molar-refractivity contribution in [2.45, 2.75) is 0 Å². The second-order valence-electron chi connectivity index (χ2n) is 5.57. The molecule has 128 valence electrons. The first-order valence-electron chi connectivity index (χ1n) is 7.48. The molecule has 2 aromatic carbocycles. The summed E-state index contributed by atoms with van der Waals surface area (Å²) < 4.78 is 13.3. The van der Waals surface area contributed by atoms with Gasteiger partial charge in [0.25, 0.3) is 17.4 Å². The van der Waals surface area contributed by atoms with Crippen LogP contribution in [0, 0.1) is 5.82 Å². The molecule has 1 aliphatic heterocycles. The molecular weight excluding hydrogens is 343 g/mol. The molecule has 0 spiro atoms. The van der Waals surface area contributed by atoms with E-state index in [1.54, 1.807) is 12.1 Å². The Balaban J connectivity index is 1.68. The van der Waals surface area contributed by atoms with E-state index in [2.05, 4.69) is 4.98 Å². The molecule has 1 N–H and O–H groups in total. The van der Waals surface area contributed by atoms with Gasteiger partial charge in [0.2, 0.25) is 0 Å². The molecule has 1 aromatic heterocycles. The van der Waals surface area contributed by atoms with E-state index in [1.165, 1.54) is 18.2 Å². The lowest BCUT2D eigenvalue weighted by Gasteiger charge is -2.12. The standard InChI is InChI=1S/C18H9FN2O5/c19-10-5-6-14-9(7-10)8-13(15(22)20-14)18(25)26-21-16(23)11-3-1-2-4-12(11)17(21)24/h1-8H,(H,20,22). The lowest BCUT2D eigenvalue weighted by molar-refractivity contribution is -0.0585. The van der Waals surface area contributed by atoms with Crippen LogP contribution < -0.4 is 5.56 Å². The third kappa shape index (κ3) is 2.35. The Kier molecular flexibility index (Phi) is 3.40. The number of nitrogens with one attached hydrogen (secondary N) is 1. The highest BCUT2D eigenvalue weighted by Crippen LogP contribution is 2.23. The zero-order valence-corrected chi connectivity index (χ0v) is 13.0. The number of aromatic amines is 1. The molecule has 7 nitrogen and oxygen atoms in total. The minimum atomic E-state index is -1.20. The Morgan fingerprint density at radius 2 is 1.62 bits per heavy atom. The molecule has 0 aliphatic carbocycles. The van der Waals surface area contributed by atoms with Gasteiger partial charge >= 0.3 is 5.97 Å². The molecule has 0 radical (unpaired) electrons. The van der Waals surface area contributed by atoms with Crippen molar-refractivity contribution in [1.29, 1.82) is 0 Å². The van der Waals surface area contributed by atoms with Crippen molar-refractivity contribution >= 4 is 28.7 Å². The molecule has 3 aromatic rings. The number of hydrogen-bond acceptors (Lipinski definition) is 5. The van der Waals surface area contributed by atoms with Crippen molar-refractivity contribution in [3.63, 3.8) is 0 Å². The fraction of sp³-hybridized carbons (Fsp3) is 0. The average molecular weight is 352 g/mol. The number of halogens is 1. The summed E-state index contributed by atoms with van der Waals surface area (Å²) in [7, 11) is 0.